The van der Waals surface area contributed by atoms with Crippen LogP contribution in [0.5, 0.6) is 5.75 Å². The van der Waals surface area contributed by atoms with E-state index in [2.05, 4.69) is 0 Å². The zero-order chi connectivity index (χ0) is 15.9. The fraction of sp³-hybridized carbons (Fsp3) is 0.500. The van der Waals surface area contributed by atoms with Crippen LogP contribution in [0.15, 0.2) is 6.07 Å². The molecule has 0 aromatic heterocycles. The van der Waals surface area contributed by atoms with E-state index < -0.39 is 34.7 Å². The van der Waals surface area contributed by atoms with Gasteiger partial charge >= 0.3 is 0 Å². The normalized spacial score (nSPS) is 21.4. The summed E-state index contributed by atoms with van der Waals surface area (Å²) in [5, 5.41) is 9.18. The Morgan fingerprint density at radius 3 is 2.57 bits per heavy atom. The van der Waals surface area contributed by atoms with Gasteiger partial charge in [-0.25, -0.2) is 8.78 Å². The van der Waals surface area contributed by atoms with E-state index in [-0.39, 0.29) is 18.0 Å². The van der Waals surface area contributed by atoms with Gasteiger partial charge in [0.25, 0.3) is 5.91 Å². The van der Waals surface area contributed by atoms with Crippen LogP contribution in [0.25, 0.3) is 0 Å². The highest BCUT2D eigenvalue weighted by molar-refractivity contribution is 5.95. The molecule has 7 heteroatoms. The first-order chi connectivity index (χ1) is 9.65. The van der Waals surface area contributed by atoms with E-state index in [9.17, 15) is 23.1 Å². The Hall–Kier alpha value is -1.76. The molecule has 4 nitrogen and oxygen atoms in total. The van der Waals surface area contributed by atoms with Crippen LogP contribution in [-0.4, -0.2) is 35.0 Å². The summed E-state index contributed by atoms with van der Waals surface area (Å²) in [6.07, 6.45) is 0.524. The van der Waals surface area contributed by atoms with E-state index in [1.165, 1.54) is 4.90 Å². The number of hydrogen-bond acceptors (Lipinski definition) is 3. The molecule has 1 fully saturated rings. The van der Waals surface area contributed by atoms with Gasteiger partial charge in [-0.2, -0.15) is 4.39 Å². The number of benzene rings is 1. The molecule has 1 saturated heterocycles. The third kappa shape index (κ3) is 2.70. The van der Waals surface area contributed by atoms with Gasteiger partial charge in [0.05, 0.1) is 5.56 Å². The Labute approximate surface area is 120 Å². The molecule has 2 rings (SSSR count). The monoisotopic (exact) mass is 302 g/mol. The molecular weight excluding hydrogens is 285 g/mol. The molecule has 116 valence electrons. The zero-order valence-corrected chi connectivity index (χ0v) is 11.8. The van der Waals surface area contributed by atoms with Crippen molar-refractivity contribution in [1.29, 1.82) is 0 Å². The first kappa shape index (κ1) is 15.6. The standard InChI is InChI=1S/C14H17F3N2O2/c1-14(2)6-19(4-3-9(14)18)13(21)7-5-8(15)11(17)12(20)10(7)16/h5,9,20H,3-4,6,18H2,1-2H3. The minimum absolute atomic E-state index is 0.107. The van der Waals surface area contributed by atoms with E-state index in [0.29, 0.717) is 19.0 Å². The van der Waals surface area contributed by atoms with Crippen LogP contribution in [0.4, 0.5) is 13.2 Å². The molecule has 0 spiro atoms. The fourth-order valence-corrected chi connectivity index (χ4v) is 2.46. The van der Waals surface area contributed by atoms with Gasteiger partial charge in [-0.05, 0) is 17.9 Å². The number of piperidine rings is 1. The molecule has 1 aromatic carbocycles. The van der Waals surface area contributed by atoms with Gasteiger partial charge in [-0.1, -0.05) is 13.8 Å². The van der Waals surface area contributed by atoms with Crippen LogP contribution < -0.4 is 5.73 Å². The van der Waals surface area contributed by atoms with Crippen molar-refractivity contribution in [3.8, 4) is 5.75 Å². The lowest BCUT2D eigenvalue weighted by Crippen LogP contribution is -2.54. The van der Waals surface area contributed by atoms with Gasteiger partial charge in [0.1, 0.15) is 0 Å². The highest BCUT2D eigenvalue weighted by Gasteiger charge is 2.36. The number of rotatable bonds is 1. The zero-order valence-electron chi connectivity index (χ0n) is 11.8. The van der Waals surface area contributed by atoms with Crippen LogP contribution in [0.1, 0.15) is 30.6 Å². The average Bonchev–Trinajstić information content (AvgIpc) is 2.42. The minimum atomic E-state index is -1.70. The largest absolute Gasteiger partial charge is 0.503 e. The van der Waals surface area contributed by atoms with E-state index in [1.54, 1.807) is 0 Å². The van der Waals surface area contributed by atoms with E-state index >= 15 is 0 Å². The summed E-state index contributed by atoms with van der Waals surface area (Å²) in [4.78, 5) is 13.6. The van der Waals surface area contributed by atoms with Crippen molar-refractivity contribution in [2.45, 2.75) is 26.3 Å². The van der Waals surface area contributed by atoms with E-state index in [0.717, 1.165) is 0 Å². The quantitative estimate of drug-likeness (QED) is 0.780. The molecule has 0 aliphatic carbocycles. The molecule has 1 atom stereocenters. The Morgan fingerprint density at radius 2 is 2.00 bits per heavy atom. The number of phenols is 1. The molecular formula is C14H17F3N2O2. The van der Waals surface area contributed by atoms with Gasteiger partial charge in [-0.3, -0.25) is 4.79 Å². The predicted octanol–water partition coefficient (Wildman–Crippen LogP) is 2.01. The van der Waals surface area contributed by atoms with Gasteiger partial charge in [-0.15, -0.1) is 0 Å². The highest BCUT2D eigenvalue weighted by atomic mass is 19.2. The first-order valence-corrected chi connectivity index (χ1v) is 6.56. The molecule has 1 aliphatic rings. The second-order valence-corrected chi connectivity index (χ2v) is 5.99. The molecule has 0 radical (unpaired) electrons. The Kier molecular flexibility index (Phi) is 3.88. The summed E-state index contributed by atoms with van der Waals surface area (Å²) in [6, 6.07) is 0.360. The van der Waals surface area contributed by atoms with Crippen molar-refractivity contribution in [2.75, 3.05) is 13.1 Å². The second-order valence-electron chi connectivity index (χ2n) is 5.99. The molecule has 1 amide bonds. The maximum absolute atomic E-state index is 13.8. The van der Waals surface area contributed by atoms with E-state index in [4.69, 9.17) is 5.73 Å². The number of phenolic OH excluding ortho intramolecular Hbond substituents is 1. The third-order valence-electron chi connectivity index (χ3n) is 3.96. The second kappa shape index (κ2) is 5.22. The molecule has 1 aromatic rings. The number of halogens is 3. The number of nitrogens with two attached hydrogens (primary N) is 1. The van der Waals surface area contributed by atoms with Crippen molar-refractivity contribution < 1.29 is 23.1 Å². The average molecular weight is 302 g/mol. The van der Waals surface area contributed by atoms with Crippen molar-refractivity contribution in [3.63, 3.8) is 0 Å². The Balaban J connectivity index is 2.34. The van der Waals surface area contributed by atoms with Crippen LogP contribution in [0.3, 0.4) is 0 Å². The van der Waals surface area contributed by atoms with E-state index in [1.807, 2.05) is 13.8 Å². The number of hydrogen-bond donors (Lipinski definition) is 2. The summed E-state index contributed by atoms with van der Waals surface area (Å²) in [5.74, 6) is -6.89. The predicted molar refractivity (Wildman–Crippen MR) is 70.3 cm³/mol. The van der Waals surface area contributed by atoms with Crippen molar-refractivity contribution in [3.05, 3.63) is 29.1 Å². The minimum Gasteiger partial charge on any atom is -0.503 e. The lowest BCUT2D eigenvalue weighted by molar-refractivity contribution is 0.0527. The smallest absolute Gasteiger partial charge is 0.257 e. The molecule has 1 aliphatic heterocycles. The number of likely N-dealkylation sites (tertiary alicyclic amines) is 1. The number of aromatic hydroxyl groups is 1. The fourth-order valence-electron chi connectivity index (χ4n) is 2.46. The van der Waals surface area contributed by atoms with Crippen LogP contribution in [0, 0.1) is 22.9 Å². The van der Waals surface area contributed by atoms with Gasteiger partial charge < -0.3 is 15.7 Å². The van der Waals surface area contributed by atoms with Gasteiger partial charge in [0.2, 0.25) is 5.82 Å². The molecule has 1 unspecified atom stereocenters. The molecule has 3 N–H and O–H groups in total. The third-order valence-corrected chi connectivity index (χ3v) is 3.96. The van der Waals surface area contributed by atoms with Crippen molar-refractivity contribution in [1.82, 2.24) is 4.90 Å². The van der Waals surface area contributed by atoms with Crippen LogP contribution in [-0.2, 0) is 0 Å². The summed E-state index contributed by atoms with van der Waals surface area (Å²) >= 11 is 0. The summed E-state index contributed by atoms with van der Waals surface area (Å²) in [5.41, 5.74) is 4.90. The number of carbonyl (C=O) groups is 1. The number of nitrogens with zero attached hydrogens (tertiary/aromatic N) is 1. The van der Waals surface area contributed by atoms with Crippen LogP contribution in [0.2, 0.25) is 0 Å². The lowest BCUT2D eigenvalue weighted by Gasteiger charge is -2.42. The highest BCUT2D eigenvalue weighted by Crippen LogP contribution is 2.31. The summed E-state index contributed by atoms with van der Waals surface area (Å²) in [6.45, 7) is 4.31. The SMILES string of the molecule is CC1(C)CN(C(=O)c2cc(F)c(F)c(O)c2F)CCC1N. The molecule has 1 heterocycles. The molecule has 0 saturated carbocycles. The van der Waals surface area contributed by atoms with Crippen molar-refractivity contribution in [2.24, 2.45) is 11.1 Å². The van der Waals surface area contributed by atoms with Crippen LogP contribution >= 0.6 is 0 Å². The number of amides is 1. The van der Waals surface area contributed by atoms with Gasteiger partial charge in [0.15, 0.2) is 17.4 Å². The van der Waals surface area contributed by atoms with Gasteiger partial charge in [0, 0.05) is 19.1 Å². The topological polar surface area (TPSA) is 66.6 Å². The van der Waals surface area contributed by atoms with Crippen molar-refractivity contribution >= 4 is 5.91 Å². The maximum atomic E-state index is 13.8. The molecule has 0 bridgehead atoms. The summed E-state index contributed by atoms with van der Waals surface area (Å²) < 4.78 is 40.1. The molecule has 21 heavy (non-hydrogen) atoms. The maximum Gasteiger partial charge on any atom is 0.257 e. The Bertz CT molecular complexity index is 590. The number of carbonyl (C=O) groups excluding carboxylic acids is 1. The lowest BCUT2D eigenvalue weighted by atomic mass is 9.79. The summed E-state index contributed by atoms with van der Waals surface area (Å²) in [7, 11) is 0. The Morgan fingerprint density at radius 1 is 1.38 bits per heavy atom. The first-order valence-electron chi connectivity index (χ1n) is 6.56.